The molecule has 0 aromatic carbocycles. The summed E-state index contributed by atoms with van der Waals surface area (Å²) in [5, 5.41) is 12.6. The molecule has 1 aromatic heterocycles. The van der Waals surface area contributed by atoms with Crippen LogP contribution < -0.4 is 0 Å². The van der Waals surface area contributed by atoms with E-state index in [4.69, 9.17) is 0 Å². The summed E-state index contributed by atoms with van der Waals surface area (Å²) in [5.74, 6) is 1.76. The first-order valence-corrected chi connectivity index (χ1v) is 9.97. The second-order valence-electron chi connectivity index (χ2n) is 7.95. The Morgan fingerprint density at radius 2 is 1.92 bits per heavy atom. The molecule has 1 fully saturated rings. The molecule has 2 aliphatic carbocycles. The van der Waals surface area contributed by atoms with Gasteiger partial charge in [-0.1, -0.05) is 37.5 Å². The molecule has 1 unspecified atom stereocenters. The lowest BCUT2D eigenvalue weighted by Gasteiger charge is -2.40. The van der Waals surface area contributed by atoms with E-state index >= 15 is 0 Å². The molecule has 6 nitrogen and oxygen atoms in total. The first kappa shape index (κ1) is 17.5. The third kappa shape index (κ3) is 3.61. The van der Waals surface area contributed by atoms with Gasteiger partial charge in [0.25, 0.3) is 0 Å². The Hall–Kier alpha value is -1.95. The predicted octanol–water partition coefficient (Wildman–Crippen LogP) is 2.94. The van der Waals surface area contributed by atoms with E-state index in [2.05, 4.69) is 63.7 Å². The van der Waals surface area contributed by atoms with E-state index in [1.807, 2.05) is 4.68 Å². The van der Waals surface area contributed by atoms with Crippen molar-refractivity contribution in [3.8, 4) is 0 Å². The molecule has 1 atom stereocenters. The van der Waals surface area contributed by atoms with Crippen LogP contribution >= 0.6 is 0 Å². The molecule has 0 bridgehead atoms. The smallest absolute Gasteiger partial charge is 0.168 e. The topological polar surface area (TPSA) is 50.1 Å². The summed E-state index contributed by atoms with van der Waals surface area (Å²) >= 11 is 0. The zero-order valence-electron chi connectivity index (χ0n) is 16.0. The monoisotopic (exact) mass is 354 g/mol. The highest BCUT2D eigenvalue weighted by molar-refractivity contribution is 5.32. The van der Waals surface area contributed by atoms with Gasteiger partial charge in [0.2, 0.25) is 0 Å². The van der Waals surface area contributed by atoms with Crippen molar-refractivity contribution in [1.29, 1.82) is 0 Å². The number of hydrogen-bond acceptors (Lipinski definition) is 5. The molecule has 3 aliphatic rings. The minimum Gasteiger partial charge on any atom is -0.378 e. The van der Waals surface area contributed by atoms with Crippen LogP contribution in [0.3, 0.4) is 0 Å². The lowest BCUT2D eigenvalue weighted by Crippen LogP contribution is -2.43. The standard InChI is InChI=1S/C20H30N6/c1-24(2)18-10-6-7-16(11-12-18)15-25-13-14-26-20(21-22-23-26)19(25)17-8-4-3-5-9-17/h7,10-12,17,19H,3-6,8-9,13-15H2,1-2H3. The number of hydrogen-bond donors (Lipinski definition) is 0. The summed E-state index contributed by atoms with van der Waals surface area (Å²) in [4.78, 5) is 4.80. The van der Waals surface area contributed by atoms with E-state index in [9.17, 15) is 0 Å². The average molecular weight is 355 g/mol. The van der Waals surface area contributed by atoms with Crippen molar-refractivity contribution in [1.82, 2.24) is 30.0 Å². The van der Waals surface area contributed by atoms with Gasteiger partial charge in [0.1, 0.15) is 0 Å². The summed E-state index contributed by atoms with van der Waals surface area (Å²) in [7, 11) is 4.20. The van der Waals surface area contributed by atoms with E-state index < -0.39 is 0 Å². The normalized spacial score (nSPS) is 24.6. The fraction of sp³-hybridized carbons (Fsp3) is 0.650. The Morgan fingerprint density at radius 3 is 2.73 bits per heavy atom. The third-order valence-electron chi connectivity index (χ3n) is 5.99. The number of aromatic nitrogens is 4. The Balaban J connectivity index is 1.53. The Kier molecular flexibility index (Phi) is 5.20. The van der Waals surface area contributed by atoms with E-state index in [0.29, 0.717) is 12.0 Å². The van der Waals surface area contributed by atoms with E-state index in [1.165, 1.54) is 43.4 Å². The highest BCUT2D eigenvalue weighted by atomic mass is 15.6. The predicted molar refractivity (Wildman–Crippen MR) is 102 cm³/mol. The Morgan fingerprint density at radius 1 is 1.08 bits per heavy atom. The van der Waals surface area contributed by atoms with Gasteiger partial charge in [-0.05, 0) is 47.3 Å². The molecule has 0 spiro atoms. The van der Waals surface area contributed by atoms with Gasteiger partial charge in [0.15, 0.2) is 5.82 Å². The minimum atomic E-state index is 0.359. The zero-order chi connectivity index (χ0) is 17.9. The largest absolute Gasteiger partial charge is 0.378 e. The molecule has 0 N–H and O–H groups in total. The number of likely N-dealkylation sites (N-methyl/N-ethyl adjacent to an activating group) is 1. The van der Waals surface area contributed by atoms with Gasteiger partial charge < -0.3 is 4.90 Å². The Bertz CT molecular complexity index is 708. The number of nitrogens with zero attached hydrogens (tertiary/aromatic N) is 6. The summed E-state index contributed by atoms with van der Waals surface area (Å²) in [6.07, 6.45) is 16.8. The van der Waals surface area contributed by atoms with Gasteiger partial charge in [-0.15, -0.1) is 5.10 Å². The average Bonchev–Trinajstić information content (AvgIpc) is 3.00. The van der Waals surface area contributed by atoms with Crippen LogP contribution in [-0.2, 0) is 6.54 Å². The second kappa shape index (κ2) is 7.74. The molecule has 0 radical (unpaired) electrons. The first-order valence-electron chi connectivity index (χ1n) is 9.97. The molecule has 0 saturated heterocycles. The molecule has 6 heteroatoms. The SMILES string of the molecule is CN(C)C1=CCC=C(CN2CCn3nnnc3C2C2CCCCC2)C=C1. The lowest BCUT2D eigenvalue weighted by molar-refractivity contribution is 0.0893. The van der Waals surface area contributed by atoms with E-state index in [-0.39, 0.29) is 0 Å². The van der Waals surface area contributed by atoms with Crippen molar-refractivity contribution in [2.45, 2.75) is 51.1 Å². The zero-order valence-corrected chi connectivity index (χ0v) is 16.0. The molecule has 2 heterocycles. The van der Waals surface area contributed by atoms with Gasteiger partial charge in [-0.2, -0.15) is 0 Å². The molecule has 1 saturated carbocycles. The summed E-state index contributed by atoms with van der Waals surface area (Å²) in [6, 6.07) is 0.359. The lowest BCUT2D eigenvalue weighted by atomic mass is 9.82. The number of tetrazole rings is 1. The van der Waals surface area contributed by atoms with Gasteiger partial charge in [0, 0.05) is 32.9 Å². The van der Waals surface area contributed by atoms with Crippen molar-refractivity contribution >= 4 is 0 Å². The van der Waals surface area contributed by atoms with Crippen LogP contribution in [0.5, 0.6) is 0 Å². The minimum absolute atomic E-state index is 0.359. The van der Waals surface area contributed by atoms with Crippen LogP contribution in [0.4, 0.5) is 0 Å². The molecular formula is C20H30N6. The Labute approximate surface area is 156 Å². The maximum absolute atomic E-state index is 4.42. The van der Waals surface area contributed by atoms with Crippen LogP contribution in [-0.4, -0.2) is 57.2 Å². The number of rotatable bonds is 4. The summed E-state index contributed by atoms with van der Waals surface area (Å²) < 4.78 is 2.03. The van der Waals surface area contributed by atoms with Crippen molar-refractivity contribution in [2.24, 2.45) is 5.92 Å². The van der Waals surface area contributed by atoms with Crippen LogP contribution in [0.25, 0.3) is 0 Å². The molecule has 140 valence electrons. The van der Waals surface area contributed by atoms with Crippen LogP contribution in [0.15, 0.2) is 35.6 Å². The van der Waals surface area contributed by atoms with Gasteiger partial charge >= 0.3 is 0 Å². The van der Waals surface area contributed by atoms with Gasteiger partial charge in [0.05, 0.1) is 12.6 Å². The first-order chi connectivity index (χ1) is 12.7. The highest BCUT2D eigenvalue weighted by Crippen LogP contribution is 2.39. The van der Waals surface area contributed by atoms with Crippen molar-refractivity contribution in [3.05, 3.63) is 41.4 Å². The molecule has 26 heavy (non-hydrogen) atoms. The highest BCUT2D eigenvalue weighted by Gasteiger charge is 2.37. The maximum Gasteiger partial charge on any atom is 0.168 e. The molecule has 1 aliphatic heterocycles. The van der Waals surface area contributed by atoms with Crippen molar-refractivity contribution < 1.29 is 0 Å². The third-order valence-corrected chi connectivity index (χ3v) is 5.99. The fourth-order valence-electron chi connectivity index (χ4n) is 4.59. The second-order valence-corrected chi connectivity index (χ2v) is 7.95. The quantitative estimate of drug-likeness (QED) is 0.832. The molecule has 4 rings (SSSR count). The molecule has 0 amide bonds. The number of allylic oxidation sites excluding steroid dienone is 3. The van der Waals surface area contributed by atoms with E-state index in [1.54, 1.807) is 0 Å². The van der Waals surface area contributed by atoms with Gasteiger partial charge in [-0.25, -0.2) is 4.68 Å². The maximum atomic E-state index is 4.42. The molecule has 1 aromatic rings. The van der Waals surface area contributed by atoms with Gasteiger partial charge in [-0.3, -0.25) is 4.90 Å². The van der Waals surface area contributed by atoms with Crippen LogP contribution in [0, 0.1) is 5.92 Å². The van der Waals surface area contributed by atoms with Crippen LogP contribution in [0.2, 0.25) is 0 Å². The molecular weight excluding hydrogens is 324 g/mol. The summed E-state index contributed by atoms with van der Waals surface area (Å²) in [5.41, 5.74) is 2.68. The van der Waals surface area contributed by atoms with Crippen molar-refractivity contribution in [2.75, 3.05) is 27.2 Å². The van der Waals surface area contributed by atoms with Crippen molar-refractivity contribution in [3.63, 3.8) is 0 Å². The summed E-state index contributed by atoms with van der Waals surface area (Å²) in [6.45, 7) is 2.90. The van der Waals surface area contributed by atoms with E-state index in [0.717, 1.165) is 31.9 Å². The van der Waals surface area contributed by atoms with Crippen LogP contribution in [0.1, 0.15) is 50.4 Å². The number of fused-ring (bicyclic) bond motifs is 1. The fourth-order valence-corrected chi connectivity index (χ4v) is 4.59.